The van der Waals surface area contributed by atoms with Gasteiger partial charge in [-0.25, -0.2) is 14.6 Å². The predicted molar refractivity (Wildman–Crippen MR) is 153 cm³/mol. The Morgan fingerprint density at radius 2 is 1.72 bits per heavy atom. The van der Waals surface area contributed by atoms with Crippen LogP contribution in [0.4, 0.5) is 34.3 Å². The second kappa shape index (κ2) is 11.7. The zero-order valence-electron chi connectivity index (χ0n) is 24.8. The Morgan fingerprint density at radius 1 is 1.09 bits per heavy atom. The van der Waals surface area contributed by atoms with Crippen molar-refractivity contribution in [1.29, 1.82) is 0 Å². The lowest BCUT2D eigenvalue weighted by Crippen LogP contribution is -2.44. The Labute approximate surface area is 255 Å². The maximum absolute atomic E-state index is 14.2. The molecule has 236 valence electrons. The molecule has 2 aromatic heterocycles. The van der Waals surface area contributed by atoms with Gasteiger partial charge in [0.15, 0.2) is 5.69 Å². The van der Waals surface area contributed by atoms with Crippen LogP contribution in [0.5, 0.6) is 0 Å². The van der Waals surface area contributed by atoms with E-state index in [9.17, 15) is 27.9 Å². The van der Waals surface area contributed by atoms with E-state index in [0.717, 1.165) is 12.8 Å². The number of hydrogen-bond acceptors (Lipinski definition) is 10. The van der Waals surface area contributed by atoms with E-state index in [1.807, 2.05) is 4.90 Å². The van der Waals surface area contributed by atoms with Gasteiger partial charge < -0.3 is 23.9 Å². The third-order valence-electron chi connectivity index (χ3n) is 6.68. The highest BCUT2D eigenvalue weighted by Crippen LogP contribution is 2.45. The minimum absolute atomic E-state index is 0.0331. The SMILES string of the molecule is CC(C)(C)OC(=O)N(C(=O)OC(C)(C)C)c1cc(Br)c2nc1-c1nnc(o1)C(O)(C(F)(F)F)CC/C=C\C[C@@H]1CCCN21. The van der Waals surface area contributed by atoms with Gasteiger partial charge in [-0.15, -0.1) is 10.2 Å². The second-order valence-electron chi connectivity index (χ2n) is 12.5. The van der Waals surface area contributed by atoms with E-state index in [0.29, 0.717) is 28.2 Å². The number of carbonyl (C=O) groups is 2. The van der Waals surface area contributed by atoms with Gasteiger partial charge in [-0.1, -0.05) is 12.2 Å². The second-order valence-corrected chi connectivity index (χ2v) is 13.3. The molecule has 2 amide bonds. The van der Waals surface area contributed by atoms with Gasteiger partial charge in [0.2, 0.25) is 5.60 Å². The lowest BCUT2D eigenvalue weighted by atomic mass is 9.96. The molecule has 0 spiro atoms. The molecule has 2 aromatic rings. The smallest absolute Gasteiger partial charge is 0.426 e. The summed E-state index contributed by atoms with van der Waals surface area (Å²) < 4.78 is 59.4. The number of amides is 2. The van der Waals surface area contributed by atoms with Gasteiger partial charge in [-0.05, 0) is 95.6 Å². The number of hydrogen-bond donors (Lipinski definition) is 1. The molecule has 1 saturated heterocycles. The Morgan fingerprint density at radius 3 is 2.30 bits per heavy atom. The molecule has 11 nitrogen and oxygen atoms in total. The van der Waals surface area contributed by atoms with E-state index < -0.39 is 53.4 Å². The molecular weight excluding hydrogens is 639 g/mol. The Balaban J connectivity index is 1.99. The third-order valence-corrected chi connectivity index (χ3v) is 7.26. The van der Waals surface area contributed by atoms with Crippen molar-refractivity contribution in [3.05, 3.63) is 28.6 Å². The summed E-state index contributed by atoms with van der Waals surface area (Å²) in [6.07, 6.45) is -2.75. The molecule has 4 bridgehead atoms. The van der Waals surface area contributed by atoms with Crippen molar-refractivity contribution in [1.82, 2.24) is 15.2 Å². The minimum Gasteiger partial charge on any atom is -0.443 e. The fourth-order valence-corrected chi connectivity index (χ4v) is 5.30. The fourth-order valence-electron chi connectivity index (χ4n) is 4.76. The topological polar surface area (TPSA) is 131 Å². The van der Waals surface area contributed by atoms with Gasteiger partial charge in [0.05, 0.1) is 10.2 Å². The van der Waals surface area contributed by atoms with E-state index in [1.165, 1.54) is 6.07 Å². The number of imide groups is 1. The molecule has 4 heterocycles. The van der Waals surface area contributed by atoms with E-state index in [-0.39, 0.29) is 23.8 Å². The number of fused-ring (bicyclic) bond motifs is 7. The molecule has 1 fully saturated rings. The molecule has 0 aromatic carbocycles. The van der Waals surface area contributed by atoms with E-state index in [2.05, 4.69) is 31.1 Å². The summed E-state index contributed by atoms with van der Waals surface area (Å²) in [6.45, 7) is 10.2. The van der Waals surface area contributed by atoms with Crippen molar-refractivity contribution < 1.29 is 41.8 Å². The molecule has 1 N–H and O–H groups in total. The van der Waals surface area contributed by atoms with Crippen LogP contribution in [0, 0.1) is 0 Å². The molecule has 0 aliphatic carbocycles. The summed E-state index contributed by atoms with van der Waals surface area (Å²) in [5, 5.41) is 18.1. The predicted octanol–water partition coefficient (Wildman–Crippen LogP) is 7.03. The van der Waals surface area contributed by atoms with E-state index >= 15 is 0 Å². The number of nitrogens with zero attached hydrogens (tertiary/aromatic N) is 5. The van der Waals surface area contributed by atoms with Crippen LogP contribution in [0.15, 0.2) is 27.1 Å². The molecule has 2 atom stereocenters. The van der Waals surface area contributed by atoms with Gasteiger partial charge in [0.1, 0.15) is 17.0 Å². The van der Waals surface area contributed by atoms with Crippen molar-refractivity contribution in [2.75, 3.05) is 16.3 Å². The Bertz CT molecular complexity index is 1370. The van der Waals surface area contributed by atoms with Gasteiger partial charge >= 0.3 is 18.4 Å². The summed E-state index contributed by atoms with van der Waals surface area (Å²) in [7, 11) is 0. The van der Waals surface area contributed by atoms with Crippen LogP contribution in [0.2, 0.25) is 0 Å². The van der Waals surface area contributed by atoms with Crippen molar-refractivity contribution in [2.45, 2.75) is 103 Å². The van der Waals surface area contributed by atoms with Gasteiger partial charge in [0.25, 0.3) is 11.8 Å². The summed E-state index contributed by atoms with van der Waals surface area (Å²) in [5.74, 6) is -1.26. The van der Waals surface area contributed by atoms with Gasteiger partial charge in [-0.3, -0.25) is 0 Å². The van der Waals surface area contributed by atoms with Crippen LogP contribution in [0.3, 0.4) is 0 Å². The van der Waals surface area contributed by atoms with Crippen LogP contribution in [-0.4, -0.2) is 62.4 Å². The highest BCUT2D eigenvalue weighted by molar-refractivity contribution is 9.10. The number of aliphatic hydroxyl groups is 1. The summed E-state index contributed by atoms with van der Waals surface area (Å²) >= 11 is 3.51. The average Bonchev–Trinajstić information content (AvgIpc) is 3.51. The van der Waals surface area contributed by atoms with Crippen LogP contribution in [-0.2, 0) is 15.1 Å². The van der Waals surface area contributed by atoms with Crippen LogP contribution >= 0.6 is 15.9 Å². The lowest BCUT2D eigenvalue weighted by molar-refractivity contribution is -0.276. The molecular formula is C28H35BrF3N5O6. The maximum Gasteiger partial charge on any atom is 0.426 e. The average molecular weight is 675 g/mol. The normalized spacial score (nSPS) is 21.9. The van der Waals surface area contributed by atoms with Crippen molar-refractivity contribution in [3.63, 3.8) is 0 Å². The number of allylic oxidation sites excluding steroid dienone is 1. The van der Waals surface area contributed by atoms with Crippen LogP contribution in [0.1, 0.15) is 79.5 Å². The van der Waals surface area contributed by atoms with E-state index in [1.54, 1.807) is 53.7 Å². The number of anilines is 2. The number of halogens is 4. The largest absolute Gasteiger partial charge is 0.443 e. The molecule has 1 unspecified atom stereocenters. The lowest BCUT2D eigenvalue weighted by Gasteiger charge is -2.31. The first-order valence-corrected chi connectivity index (χ1v) is 14.6. The first-order valence-electron chi connectivity index (χ1n) is 13.8. The number of ether oxygens (including phenoxy) is 2. The summed E-state index contributed by atoms with van der Waals surface area (Å²) in [4.78, 5) is 34.3. The number of carbonyl (C=O) groups excluding carboxylic acids is 2. The molecule has 43 heavy (non-hydrogen) atoms. The summed E-state index contributed by atoms with van der Waals surface area (Å²) in [6, 6.07) is 1.37. The number of rotatable bonds is 1. The van der Waals surface area contributed by atoms with Gasteiger partial charge in [-0.2, -0.15) is 18.1 Å². The number of pyridine rings is 1. The quantitative estimate of drug-likeness (QED) is 0.315. The highest BCUT2D eigenvalue weighted by Gasteiger charge is 2.58. The first kappa shape index (κ1) is 32.7. The molecule has 0 saturated carbocycles. The molecule has 15 heteroatoms. The molecule has 4 rings (SSSR count). The fraction of sp³-hybridized carbons (Fsp3) is 0.607. The zero-order chi connectivity index (χ0) is 32.0. The number of alkyl halides is 3. The Kier molecular flexibility index (Phi) is 8.91. The van der Waals surface area contributed by atoms with Gasteiger partial charge in [0, 0.05) is 12.6 Å². The maximum atomic E-state index is 14.2. The first-order chi connectivity index (χ1) is 19.8. The van der Waals surface area contributed by atoms with Crippen LogP contribution < -0.4 is 9.80 Å². The molecule has 2 aliphatic heterocycles. The molecule has 2 aliphatic rings. The Hall–Kier alpha value is -3.20. The monoisotopic (exact) mass is 673 g/mol. The van der Waals surface area contributed by atoms with Crippen molar-refractivity contribution in [2.24, 2.45) is 0 Å². The zero-order valence-corrected chi connectivity index (χ0v) is 26.4. The van der Waals surface area contributed by atoms with Crippen LogP contribution in [0.25, 0.3) is 11.6 Å². The number of aromatic nitrogens is 3. The van der Waals surface area contributed by atoms with Crippen molar-refractivity contribution >= 4 is 39.6 Å². The minimum atomic E-state index is -5.15. The summed E-state index contributed by atoms with van der Waals surface area (Å²) in [5.41, 5.74) is -6.05. The molecule has 0 radical (unpaired) electrons. The standard InChI is InChI=1S/C28H35BrF3N5O6/c1-25(2,3)42-23(38)37(24(39)43-26(4,5)6)18-15-17(29)20-33-19(18)21-34-35-22(41-21)27(40,28(30,31)32)13-9-7-8-11-16-12-10-14-36(16)20/h7-8,15-16,40H,9-14H2,1-6H3/b8-7-/t16-,27?/m1/s1. The highest BCUT2D eigenvalue weighted by atomic mass is 79.9. The third kappa shape index (κ3) is 7.14. The van der Waals surface area contributed by atoms with E-state index in [4.69, 9.17) is 13.9 Å². The van der Waals surface area contributed by atoms with Crippen molar-refractivity contribution in [3.8, 4) is 11.6 Å².